The van der Waals surface area contributed by atoms with E-state index in [1.54, 1.807) is 20.8 Å². The lowest BCUT2D eigenvalue weighted by atomic mass is 9.77. The number of fused-ring (bicyclic) bond motifs is 6. The van der Waals surface area contributed by atoms with Crippen molar-refractivity contribution in [2.45, 2.75) is 62.6 Å². The molecule has 0 bridgehead atoms. The quantitative estimate of drug-likeness (QED) is 0.00796. The number of alkyl carbamates (subject to hydrolysis) is 1. The summed E-state index contributed by atoms with van der Waals surface area (Å²) in [6, 6.07) is 61.9. The number of ether oxygens (including phenoxy) is 14. The molecule has 0 spiro atoms. The number of hydrogen-bond donors (Lipinski definition) is 3. The topological polar surface area (TPSA) is 310 Å². The summed E-state index contributed by atoms with van der Waals surface area (Å²) in [5, 5.41) is 9.31. The molecule has 3 N–H and O–H groups in total. The van der Waals surface area contributed by atoms with E-state index in [-0.39, 0.29) is 209 Å². The second-order valence-electron chi connectivity index (χ2n) is 29.6. The predicted molar refractivity (Wildman–Crippen MR) is 460 cm³/mol. The fraction of sp³-hybridized carbons (Fsp3) is 0.462. The number of nitrogens with zero attached hydrogens (tertiary/aromatic N) is 2. The predicted octanol–water partition coefficient (Wildman–Crippen LogP) is 11.0. The zero-order valence-corrected chi connectivity index (χ0v) is 71.6. The molecular weight excluding hydrogens is 1590 g/mol. The molecule has 0 saturated heterocycles. The second-order valence-corrected chi connectivity index (χ2v) is 31.8. The Labute approximate surface area is 716 Å². The van der Waals surface area contributed by atoms with Gasteiger partial charge in [0.2, 0.25) is 17.7 Å². The van der Waals surface area contributed by atoms with Gasteiger partial charge in [-0.05, 0) is 88.4 Å². The molecule has 9 rings (SSSR count). The van der Waals surface area contributed by atoms with E-state index in [1.165, 1.54) is 23.0 Å². The van der Waals surface area contributed by atoms with Gasteiger partial charge in [-0.2, -0.15) is 0 Å². The van der Waals surface area contributed by atoms with Crippen LogP contribution < -0.4 is 16.0 Å². The van der Waals surface area contributed by atoms with Gasteiger partial charge in [0, 0.05) is 51.1 Å². The molecule has 0 aliphatic heterocycles. The largest absolute Gasteiger partial charge is 0.467 e. The highest BCUT2D eigenvalue weighted by Gasteiger charge is 2.39. The zero-order chi connectivity index (χ0) is 86.3. The van der Waals surface area contributed by atoms with Crippen molar-refractivity contribution < 1.29 is 109 Å². The monoisotopic (exact) mass is 1710 g/mol. The summed E-state index contributed by atoms with van der Waals surface area (Å²) in [5.41, 5.74) is 10.3. The summed E-state index contributed by atoms with van der Waals surface area (Å²) < 4.78 is 108. The summed E-state index contributed by atoms with van der Waals surface area (Å²) in [7, 11) is -2.82. The van der Waals surface area contributed by atoms with Crippen LogP contribution in [-0.2, 0) is 109 Å². The van der Waals surface area contributed by atoms with E-state index in [0.29, 0.717) is 13.2 Å². The fourth-order valence-corrected chi connectivity index (χ4v) is 15.8. The van der Waals surface area contributed by atoms with E-state index in [2.05, 4.69) is 112 Å². The van der Waals surface area contributed by atoms with Crippen molar-refractivity contribution in [3.8, 4) is 22.3 Å². The highest BCUT2D eigenvalue weighted by molar-refractivity contribution is 7.53. The molecule has 4 amide bonds. The van der Waals surface area contributed by atoms with Gasteiger partial charge in [-0.15, -0.1) is 0 Å². The van der Waals surface area contributed by atoms with Crippen LogP contribution in [-0.4, -0.2) is 275 Å². The summed E-state index contributed by atoms with van der Waals surface area (Å²) in [6.07, 6.45) is 0.355. The Morgan fingerprint density at radius 2 is 0.811 bits per heavy atom. The lowest BCUT2D eigenvalue weighted by molar-refractivity contribution is -0.148. The van der Waals surface area contributed by atoms with Gasteiger partial charge in [-0.3, -0.25) is 24.3 Å². The number of carbonyl (C=O) groups is 6. The molecule has 2 aliphatic carbocycles. The number of benzene rings is 7. The van der Waals surface area contributed by atoms with Crippen molar-refractivity contribution in [3.63, 3.8) is 0 Å². The van der Waals surface area contributed by atoms with Crippen LogP contribution in [0.25, 0.3) is 22.3 Å². The molecule has 0 fully saturated rings. The Kier molecular flexibility index (Phi) is 42.3. The van der Waals surface area contributed by atoms with Crippen molar-refractivity contribution in [3.05, 3.63) is 240 Å². The Morgan fingerprint density at radius 3 is 1.23 bits per heavy atom. The lowest BCUT2D eigenvalue weighted by Gasteiger charge is -2.37. The minimum atomic E-state index is -4.08. The molecular formula is C93H120N5O23P. The van der Waals surface area contributed by atoms with Crippen LogP contribution >= 0.6 is 7.60 Å². The molecule has 0 heterocycles. The number of rotatable bonds is 62. The Morgan fingerprint density at radius 1 is 0.443 bits per heavy atom. The van der Waals surface area contributed by atoms with Gasteiger partial charge in [0.25, 0.3) is 0 Å². The van der Waals surface area contributed by atoms with Gasteiger partial charge >= 0.3 is 25.6 Å². The lowest BCUT2D eigenvalue weighted by Crippen LogP contribution is -2.53. The van der Waals surface area contributed by atoms with E-state index in [1.807, 2.05) is 103 Å². The third-order valence-electron chi connectivity index (χ3n) is 19.9. The van der Waals surface area contributed by atoms with Crippen molar-refractivity contribution in [2.75, 3.05) is 218 Å². The first-order chi connectivity index (χ1) is 59.5. The number of amides is 4. The van der Waals surface area contributed by atoms with E-state index in [4.69, 9.17) is 70.6 Å². The summed E-state index contributed by atoms with van der Waals surface area (Å²) in [6.45, 7) is 11.1. The first kappa shape index (κ1) is 96.4. The fourth-order valence-electron chi connectivity index (χ4n) is 14.1. The van der Waals surface area contributed by atoms with Crippen molar-refractivity contribution in [1.82, 2.24) is 25.8 Å². The van der Waals surface area contributed by atoms with E-state index < -0.39 is 73.6 Å². The minimum absolute atomic E-state index is 0.000892. The molecule has 28 nitrogen and oxygen atoms in total. The molecule has 122 heavy (non-hydrogen) atoms. The van der Waals surface area contributed by atoms with Crippen LogP contribution in [0.2, 0.25) is 0 Å². The maximum Gasteiger partial charge on any atom is 0.407 e. The Bertz CT molecular complexity index is 4040. The molecule has 29 heteroatoms. The van der Waals surface area contributed by atoms with Crippen LogP contribution in [0.5, 0.6) is 0 Å². The third kappa shape index (κ3) is 32.0. The Hall–Kier alpha value is -9.43. The van der Waals surface area contributed by atoms with Crippen LogP contribution in [0, 0.1) is 0 Å². The average molecular weight is 1710 g/mol. The van der Waals surface area contributed by atoms with Gasteiger partial charge in [0.1, 0.15) is 38.1 Å². The number of methoxy groups -OCH3 is 1. The molecule has 1 unspecified atom stereocenters. The highest BCUT2D eigenvalue weighted by Crippen LogP contribution is 2.55. The molecule has 0 saturated carbocycles. The standard InChI is InChI=1S/C93H120N5O23P/c1-6-45-118-89(102)71-117-64-61-113-58-55-111-50-44-98(43-49-110-54-57-112-56-52-107-46-39-94-91(104)121-92(2,3)4)90(103)85(96-86(99)69-115-62-59-114-60-63-116-70-88(101)106-5)66-87(100)97(42-48-109-53-51-108-47-40-95-93(72-25-10-7-11-26-72,73-27-12-8-13-28-73)74-29-14-9-15-30-74)41-24-65-122(105,119-67-83-79-35-20-16-31-75(79)76-32-17-21-36-80(76)83)120-68-84-81-37-22-18-33-77(81)78-34-19-23-38-82(78)84/h6-23,25-38,83-85,95H,1,24,39-71H2,2-5H3,(H,94,104)(H,96,99). The first-order valence-electron chi connectivity index (χ1n) is 41.7. The van der Waals surface area contributed by atoms with Gasteiger partial charge in [-0.1, -0.05) is 201 Å². The minimum Gasteiger partial charge on any atom is -0.467 e. The molecule has 2 aliphatic rings. The maximum atomic E-state index is 16.0. The zero-order valence-electron chi connectivity index (χ0n) is 70.7. The van der Waals surface area contributed by atoms with Crippen molar-refractivity contribution in [2.24, 2.45) is 0 Å². The third-order valence-corrected chi connectivity index (χ3v) is 21.8. The normalized spacial score (nSPS) is 12.7. The molecule has 0 aromatic heterocycles. The van der Waals surface area contributed by atoms with Crippen LogP contribution in [0.3, 0.4) is 0 Å². The second kappa shape index (κ2) is 53.6. The molecule has 0 radical (unpaired) electrons. The van der Waals surface area contributed by atoms with Crippen LogP contribution in [0.4, 0.5) is 4.79 Å². The van der Waals surface area contributed by atoms with Crippen LogP contribution in [0.1, 0.15) is 84.4 Å². The smallest absolute Gasteiger partial charge is 0.407 e. The highest BCUT2D eigenvalue weighted by atomic mass is 31.2. The number of nitrogens with one attached hydrogen (secondary N) is 3. The van der Waals surface area contributed by atoms with Crippen molar-refractivity contribution >= 4 is 43.3 Å². The average Bonchev–Trinajstić information content (AvgIpc) is 1.74. The van der Waals surface area contributed by atoms with E-state index in [9.17, 15) is 19.2 Å². The molecule has 1 atom stereocenters. The number of carbonyl (C=O) groups excluding carboxylic acids is 6. The van der Waals surface area contributed by atoms with Gasteiger partial charge in [0.15, 0.2) is 0 Å². The van der Waals surface area contributed by atoms with E-state index in [0.717, 1.165) is 61.2 Å². The van der Waals surface area contributed by atoms with Gasteiger partial charge < -0.3 is 95.8 Å². The summed E-state index contributed by atoms with van der Waals surface area (Å²) >= 11 is 0. The number of esters is 2. The maximum absolute atomic E-state index is 16.0. The first-order valence-corrected chi connectivity index (χ1v) is 43.4. The van der Waals surface area contributed by atoms with Gasteiger partial charge in [-0.25, -0.2) is 14.4 Å². The molecule has 7 aromatic rings. The Balaban J connectivity index is 0.921. The van der Waals surface area contributed by atoms with Crippen molar-refractivity contribution in [1.29, 1.82) is 0 Å². The van der Waals surface area contributed by atoms with E-state index >= 15 is 14.2 Å². The molecule has 7 aromatic carbocycles. The number of hydrogen-bond acceptors (Lipinski definition) is 24. The molecule has 660 valence electrons. The SMILES string of the molecule is C=CCOC(=O)COCCOCCOCCN(CCOCCOCCOCCNC(=O)OC(C)(C)C)C(=O)C(CC(=O)N(CCCP(=O)(OCC1c2ccccc2-c2ccccc21)OCC1c2ccccc2-c2ccccc21)CCOCCOCCNC(c1ccccc1)(c1ccccc1)c1ccccc1)NC(=O)COCCOCCOCC(=O)OC. The summed E-state index contributed by atoms with van der Waals surface area (Å²) in [5.74, 6) is -3.51. The van der Waals surface area contributed by atoms with Gasteiger partial charge in [0.05, 0.1) is 164 Å². The summed E-state index contributed by atoms with van der Waals surface area (Å²) in [4.78, 5) is 83.7. The van der Waals surface area contributed by atoms with Crippen LogP contribution in [0.15, 0.2) is 201 Å².